The number of carbonyl (C=O) groups is 2. The van der Waals surface area contributed by atoms with E-state index in [1.807, 2.05) is 11.8 Å². The van der Waals surface area contributed by atoms with Gasteiger partial charge < -0.3 is 14.8 Å². The Hall–Kier alpha value is -2.08. The normalized spacial score (nSPS) is 19.0. The van der Waals surface area contributed by atoms with Gasteiger partial charge >= 0.3 is 5.97 Å². The maximum Gasteiger partial charge on any atom is 0.323 e. The van der Waals surface area contributed by atoms with Gasteiger partial charge in [0.05, 0.1) is 13.5 Å². The molecule has 6 heteroatoms. The lowest BCUT2D eigenvalue weighted by molar-refractivity contribution is -0.158. The average molecular weight is 292 g/mol. The minimum absolute atomic E-state index is 0.0959. The third-order valence-electron chi connectivity index (χ3n) is 3.49. The van der Waals surface area contributed by atoms with E-state index in [1.54, 1.807) is 31.4 Å². The van der Waals surface area contributed by atoms with E-state index in [4.69, 9.17) is 9.47 Å². The van der Waals surface area contributed by atoms with E-state index in [1.165, 1.54) is 0 Å². The van der Waals surface area contributed by atoms with Gasteiger partial charge in [-0.3, -0.25) is 14.5 Å². The number of methoxy groups -OCH3 is 1. The number of amides is 1. The van der Waals surface area contributed by atoms with Crippen LogP contribution in [0.15, 0.2) is 24.3 Å². The molecule has 0 aliphatic carbocycles. The molecular formula is C15H20N2O4. The zero-order valence-electron chi connectivity index (χ0n) is 12.3. The first-order valence-corrected chi connectivity index (χ1v) is 6.98. The largest absolute Gasteiger partial charge is 0.497 e. The Balaban J connectivity index is 1.94. The van der Waals surface area contributed by atoms with E-state index in [0.717, 1.165) is 12.3 Å². The fourth-order valence-corrected chi connectivity index (χ4v) is 2.32. The Labute approximate surface area is 124 Å². The van der Waals surface area contributed by atoms with Crippen molar-refractivity contribution in [2.24, 2.45) is 0 Å². The lowest BCUT2D eigenvalue weighted by atomic mass is 10.1. The molecule has 1 aromatic carbocycles. The van der Waals surface area contributed by atoms with Crippen LogP contribution >= 0.6 is 0 Å². The van der Waals surface area contributed by atoms with Crippen LogP contribution in [-0.2, 0) is 14.3 Å². The van der Waals surface area contributed by atoms with Crippen molar-refractivity contribution in [1.82, 2.24) is 4.90 Å². The van der Waals surface area contributed by atoms with Gasteiger partial charge in [0.1, 0.15) is 18.4 Å². The third-order valence-corrected chi connectivity index (χ3v) is 3.49. The van der Waals surface area contributed by atoms with Gasteiger partial charge in [-0.1, -0.05) is 6.92 Å². The Kier molecular flexibility index (Phi) is 5.16. The SMILES string of the molecule is CCN1CCOC(=O)C1CC(=O)Nc1ccc(OC)cc1. The second-order valence-electron chi connectivity index (χ2n) is 4.79. The van der Waals surface area contributed by atoms with Gasteiger partial charge in [0, 0.05) is 12.2 Å². The zero-order chi connectivity index (χ0) is 15.2. The number of ether oxygens (including phenoxy) is 2. The zero-order valence-corrected chi connectivity index (χ0v) is 12.3. The smallest absolute Gasteiger partial charge is 0.323 e. The summed E-state index contributed by atoms with van der Waals surface area (Å²) in [6, 6.07) is 6.55. The van der Waals surface area contributed by atoms with Crippen molar-refractivity contribution in [3.8, 4) is 5.75 Å². The van der Waals surface area contributed by atoms with Crippen molar-refractivity contribution in [2.45, 2.75) is 19.4 Å². The molecule has 1 fully saturated rings. The van der Waals surface area contributed by atoms with E-state index in [-0.39, 0.29) is 18.3 Å². The predicted molar refractivity (Wildman–Crippen MR) is 78.2 cm³/mol. The molecule has 1 heterocycles. The number of likely N-dealkylation sites (N-methyl/N-ethyl adjacent to an activating group) is 1. The number of hydrogen-bond donors (Lipinski definition) is 1. The predicted octanol–water partition coefficient (Wildman–Crippen LogP) is 1.27. The summed E-state index contributed by atoms with van der Waals surface area (Å²) in [5, 5.41) is 2.78. The number of benzene rings is 1. The van der Waals surface area contributed by atoms with E-state index in [9.17, 15) is 9.59 Å². The fraction of sp³-hybridized carbons (Fsp3) is 0.467. The average Bonchev–Trinajstić information content (AvgIpc) is 2.50. The van der Waals surface area contributed by atoms with Crippen LogP contribution in [0, 0.1) is 0 Å². The quantitative estimate of drug-likeness (QED) is 0.828. The number of nitrogens with one attached hydrogen (secondary N) is 1. The van der Waals surface area contributed by atoms with Crippen LogP contribution in [0.4, 0.5) is 5.69 Å². The van der Waals surface area contributed by atoms with E-state index >= 15 is 0 Å². The molecule has 0 bridgehead atoms. The van der Waals surface area contributed by atoms with Gasteiger partial charge in [0.15, 0.2) is 0 Å². The monoisotopic (exact) mass is 292 g/mol. The maximum atomic E-state index is 12.1. The fourth-order valence-electron chi connectivity index (χ4n) is 2.32. The number of nitrogens with zero attached hydrogens (tertiary/aromatic N) is 1. The molecule has 0 radical (unpaired) electrons. The van der Waals surface area contributed by atoms with Crippen LogP contribution in [-0.4, -0.2) is 49.6 Å². The number of hydrogen-bond acceptors (Lipinski definition) is 5. The van der Waals surface area contributed by atoms with Gasteiger partial charge in [-0.05, 0) is 30.8 Å². The molecular weight excluding hydrogens is 272 g/mol. The standard InChI is InChI=1S/C15H20N2O4/c1-3-17-8-9-21-15(19)13(17)10-14(18)16-11-4-6-12(20-2)7-5-11/h4-7,13H,3,8-10H2,1-2H3,(H,16,18). The molecule has 1 unspecified atom stereocenters. The first kappa shape index (κ1) is 15.3. The van der Waals surface area contributed by atoms with Crippen LogP contribution in [0.3, 0.4) is 0 Å². The molecule has 114 valence electrons. The minimum Gasteiger partial charge on any atom is -0.497 e. The second kappa shape index (κ2) is 7.08. The lowest BCUT2D eigenvalue weighted by Gasteiger charge is -2.32. The van der Waals surface area contributed by atoms with Gasteiger partial charge in [-0.25, -0.2) is 0 Å². The highest BCUT2D eigenvalue weighted by molar-refractivity contribution is 5.94. The number of morpholine rings is 1. The highest BCUT2D eigenvalue weighted by Crippen LogP contribution is 2.17. The highest BCUT2D eigenvalue weighted by atomic mass is 16.5. The summed E-state index contributed by atoms with van der Waals surface area (Å²) in [6.45, 7) is 3.74. The maximum absolute atomic E-state index is 12.1. The molecule has 0 saturated carbocycles. The second-order valence-corrected chi connectivity index (χ2v) is 4.79. The van der Waals surface area contributed by atoms with Crippen LogP contribution in [0.5, 0.6) is 5.75 Å². The summed E-state index contributed by atoms with van der Waals surface area (Å²) >= 11 is 0. The third kappa shape index (κ3) is 3.95. The molecule has 1 aliphatic heterocycles. The summed E-state index contributed by atoms with van der Waals surface area (Å²) in [5.74, 6) is 0.191. The molecule has 0 spiro atoms. The summed E-state index contributed by atoms with van der Waals surface area (Å²) in [6.07, 6.45) is 0.0959. The molecule has 1 aliphatic rings. The number of cyclic esters (lactones) is 1. The van der Waals surface area contributed by atoms with E-state index < -0.39 is 6.04 Å². The first-order valence-electron chi connectivity index (χ1n) is 6.98. The van der Waals surface area contributed by atoms with Crippen LogP contribution < -0.4 is 10.1 Å². The van der Waals surface area contributed by atoms with Gasteiger partial charge in [0.25, 0.3) is 0 Å². The summed E-state index contributed by atoms with van der Waals surface area (Å²) in [7, 11) is 1.58. The van der Waals surface area contributed by atoms with Crippen LogP contribution in [0.25, 0.3) is 0 Å². The number of esters is 1. The molecule has 2 rings (SSSR count). The molecule has 6 nitrogen and oxygen atoms in total. The van der Waals surface area contributed by atoms with Crippen LogP contribution in [0.1, 0.15) is 13.3 Å². The number of rotatable bonds is 5. The minimum atomic E-state index is -0.498. The molecule has 1 amide bonds. The molecule has 0 aromatic heterocycles. The lowest BCUT2D eigenvalue weighted by Crippen LogP contribution is -2.50. The molecule has 21 heavy (non-hydrogen) atoms. The van der Waals surface area contributed by atoms with Crippen molar-refractivity contribution in [3.63, 3.8) is 0 Å². The van der Waals surface area contributed by atoms with Crippen molar-refractivity contribution >= 4 is 17.6 Å². The van der Waals surface area contributed by atoms with Crippen molar-refractivity contribution in [2.75, 3.05) is 32.1 Å². The Bertz CT molecular complexity index is 501. The van der Waals surface area contributed by atoms with Crippen LogP contribution in [0.2, 0.25) is 0 Å². The summed E-state index contributed by atoms with van der Waals surface area (Å²) in [4.78, 5) is 25.8. The topological polar surface area (TPSA) is 67.9 Å². The molecule has 1 N–H and O–H groups in total. The van der Waals surface area contributed by atoms with E-state index in [0.29, 0.717) is 18.8 Å². The number of anilines is 1. The van der Waals surface area contributed by atoms with Gasteiger partial charge in [-0.2, -0.15) is 0 Å². The molecule has 1 saturated heterocycles. The molecule has 1 aromatic rings. The van der Waals surface area contributed by atoms with Crippen molar-refractivity contribution in [1.29, 1.82) is 0 Å². The summed E-state index contributed by atoms with van der Waals surface area (Å²) in [5.41, 5.74) is 0.674. The van der Waals surface area contributed by atoms with Gasteiger partial charge in [0.2, 0.25) is 5.91 Å². The Morgan fingerprint density at radius 1 is 1.43 bits per heavy atom. The summed E-state index contributed by atoms with van der Waals surface area (Å²) < 4.78 is 10.1. The Morgan fingerprint density at radius 2 is 2.14 bits per heavy atom. The van der Waals surface area contributed by atoms with Crippen molar-refractivity contribution < 1.29 is 19.1 Å². The first-order chi connectivity index (χ1) is 10.1. The van der Waals surface area contributed by atoms with Gasteiger partial charge in [-0.15, -0.1) is 0 Å². The Morgan fingerprint density at radius 3 is 2.76 bits per heavy atom. The highest BCUT2D eigenvalue weighted by Gasteiger charge is 2.32. The van der Waals surface area contributed by atoms with Crippen molar-refractivity contribution in [3.05, 3.63) is 24.3 Å². The van der Waals surface area contributed by atoms with E-state index in [2.05, 4.69) is 5.32 Å². The molecule has 1 atom stereocenters. The number of carbonyl (C=O) groups excluding carboxylic acids is 2.